The third-order valence-electron chi connectivity index (χ3n) is 4.48. The van der Waals surface area contributed by atoms with Crippen LogP contribution in [0.5, 0.6) is 0 Å². The van der Waals surface area contributed by atoms with E-state index in [0.717, 1.165) is 12.2 Å². The largest absolute Gasteiger partial charge is 0.468 e. The maximum absolute atomic E-state index is 11.6. The minimum atomic E-state index is -0.146. The maximum atomic E-state index is 11.6. The van der Waals surface area contributed by atoms with E-state index in [2.05, 4.69) is 6.92 Å². The van der Waals surface area contributed by atoms with Crippen molar-refractivity contribution in [3.8, 4) is 0 Å². The van der Waals surface area contributed by atoms with E-state index in [0.29, 0.717) is 0 Å². The van der Waals surface area contributed by atoms with Crippen LogP contribution < -0.4 is 0 Å². The van der Waals surface area contributed by atoms with E-state index >= 15 is 0 Å². The molecule has 1 aliphatic rings. The van der Waals surface area contributed by atoms with Gasteiger partial charge in [-0.05, 0) is 6.42 Å². The van der Waals surface area contributed by atoms with Gasteiger partial charge in [-0.3, -0.25) is 4.79 Å². The Balaban J connectivity index is 1.80. The highest BCUT2D eigenvalue weighted by Crippen LogP contribution is 2.49. The summed E-state index contributed by atoms with van der Waals surface area (Å²) in [6.45, 7) is 2.27. The van der Waals surface area contributed by atoms with E-state index in [1.807, 2.05) is 0 Å². The molecule has 0 amide bonds. The van der Waals surface area contributed by atoms with Crippen LogP contribution in [0.25, 0.3) is 0 Å². The summed E-state index contributed by atoms with van der Waals surface area (Å²) >= 11 is 1.76. The highest BCUT2D eigenvalue weighted by Gasteiger charge is 2.51. The third kappa shape index (κ3) is 8.13. The van der Waals surface area contributed by atoms with Crippen LogP contribution in [0.15, 0.2) is 0 Å². The molecule has 1 heterocycles. The highest BCUT2D eigenvalue weighted by atomic mass is 32.2. The van der Waals surface area contributed by atoms with Gasteiger partial charge in [-0.25, -0.2) is 0 Å². The fourth-order valence-corrected chi connectivity index (χ4v) is 3.82. The summed E-state index contributed by atoms with van der Waals surface area (Å²) in [6, 6.07) is 0. The van der Waals surface area contributed by atoms with Gasteiger partial charge in [-0.1, -0.05) is 84.0 Å². The first-order chi connectivity index (χ1) is 10.2. The molecule has 0 aliphatic carbocycles. The molecule has 1 aliphatic heterocycles. The molecule has 0 aromatic heterocycles. The molecule has 3 heteroatoms. The van der Waals surface area contributed by atoms with Crippen LogP contribution in [-0.4, -0.2) is 23.6 Å². The molecule has 1 saturated heterocycles. The van der Waals surface area contributed by atoms with E-state index in [-0.39, 0.29) is 10.7 Å². The Morgan fingerprint density at radius 3 is 1.71 bits per heavy atom. The number of hydrogen-bond acceptors (Lipinski definition) is 3. The van der Waals surface area contributed by atoms with Crippen LogP contribution in [-0.2, 0) is 9.53 Å². The lowest BCUT2D eigenvalue weighted by atomic mass is 10.0. The molecular formula is C18H34O2S. The molecule has 0 aromatic carbocycles. The first-order valence-electron chi connectivity index (χ1n) is 8.97. The molecule has 0 bridgehead atoms. The van der Waals surface area contributed by atoms with Crippen molar-refractivity contribution < 1.29 is 9.53 Å². The lowest BCUT2D eigenvalue weighted by Gasteiger charge is -2.10. The normalized spacial score (nSPS) is 20.5. The summed E-state index contributed by atoms with van der Waals surface area (Å²) in [7, 11) is 1.51. The van der Waals surface area contributed by atoms with E-state index in [1.54, 1.807) is 11.8 Å². The predicted octanol–water partition coefficient (Wildman–Crippen LogP) is 5.74. The van der Waals surface area contributed by atoms with E-state index < -0.39 is 0 Å². The van der Waals surface area contributed by atoms with Gasteiger partial charge in [0.1, 0.15) is 4.75 Å². The van der Waals surface area contributed by atoms with Crippen LogP contribution in [0.1, 0.15) is 90.4 Å². The third-order valence-corrected chi connectivity index (χ3v) is 5.84. The van der Waals surface area contributed by atoms with Crippen molar-refractivity contribution in [2.75, 3.05) is 12.9 Å². The Morgan fingerprint density at radius 2 is 1.33 bits per heavy atom. The second-order valence-electron chi connectivity index (χ2n) is 6.41. The molecule has 1 atom stereocenters. The smallest absolute Gasteiger partial charge is 0.322 e. The molecule has 2 nitrogen and oxygen atoms in total. The summed E-state index contributed by atoms with van der Waals surface area (Å²) in [5.41, 5.74) is 0. The summed E-state index contributed by atoms with van der Waals surface area (Å²) in [5.74, 6) is 0.966. The van der Waals surface area contributed by atoms with Gasteiger partial charge in [0.15, 0.2) is 0 Å². The van der Waals surface area contributed by atoms with Gasteiger partial charge in [0.2, 0.25) is 0 Å². The van der Waals surface area contributed by atoms with Crippen molar-refractivity contribution >= 4 is 17.7 Å². The van der Waals surface area contributed by atoms with Crippen LogP contribution in [0, 0.1) is 0 Å². The summed E-state index contributed by atoms with van der Waals surface area (Å²) in [6.07, 6.45) is 17.4. The van der Waals surface area contributed by atoms with Gasteiger partial charge in [-0.15, -0.1) is 11.8 Å². The zero-order chi connectivity index (χ0) is 15.4. The van der Waals surface area contributed by atoms with E-state index in [9.17, 15) is 4.79 Å². The van der Waals surface area contributed by atoms with E-state index in [1.165, 1.54) is 84.2 Å². The molecule has 0 saturated carbocycles. The van der Waals surface area contributed by atoms with Crippen LogP contribution in [0.4, 0.5) is 0 Å². The summed E-state index contributed by atoms with van der Waals surface area (Å²) in [4.78, 5) is 11.6. The zero-order valence-electron chi connectivity index (χ0n) is 14.1. The summed E-state index contributed by atoms with van der Waals surface area (Å²) in [5, 5.41) is 0. The molecule has 0 unspecified atom stereocenters. The van der Waals surface area contributed by atoms with Crippen molar-refractivity contribution in [1.82, 2.24) is 0 Å². The SMILES string of the molecule is CCCCCCCCCCCCCC[C@]1(C(=O)OC)CS1. The van der Waals surface area contributed by atoms with Crippen molar-refractivity contribution in [2.24, 2.45) is 0 Å². The zero-order valence-corrected chi connectivity index (χ0v) is 14.9. The standard InChI is InChI=1S/C18H34O2S/c1-3-4-5-6-7-8-9-10-11-12-13-14-15-18(16-21-18)17(19)20-2/h3-16H2,1-2H3/t18-/m1/s1. The lowest BCUT2D eigenvalue weighted by molar-refractivity contribution is -0.142. The first-order valence-corrected chi connectivity index (χ1v) is 9.96. The lowest BCUT2D eigenvalue weighted by Crippen LogP contribution is -2.24. The van der Waals surface area contributed by atoms with Crippen LogP contribution in [0.2, 0.25) is 0 Å². The number of thioether (sulfide) groups is 1. The van der Waals surface area contributed by atoms with Crippen LogP contribution in [0.3, 0.4) is 0 Å². The quantitative estimate of drug-likeness (QED) is 0.232. The number of carbonyl (C=O) groups is 1. The predicted molar refractivity (Wildman–Crippen MR) is 92.9 cm³/mol. The topological polar surface area (TPSA) is 26.3 Å². The van der Waals surface area contributed by atoms with Crippen molar-refractivity contribution in [1.29, 1.82) is 0 Å². The molecule has 1 fully saturated rings. The number of unbranched alkanes of at least 4 members (excludes halogenated alkanes) is 11. The molecule has 21 heavy (non-hydrogen) atoms. The van der Waals surface area contributed by atoms with Gasteiger partial charge in [0.05, 0.1) is 7.11 Å². The van der Waals surface area contributed by atoms with Crippen molar-refractivity contribution in [3.05, 3.63) is 0 Å². The first kappa shape index (κ1) is 18.9. The average Bonchev–Trinajstić information content (AvgIpc) is 3.28. The van der Waals surface area contributed by atoms with Gasteiger partial charge < -0.3 is 4.74 Å². The number of rotatable bonds is 14. The Kier molecular flexibility index (Phi) is 10.2. The van der Waals surface area contributed by atoms with Gasteiger partial charge in [0.25, 0.3) is 0 Å². The Hall–Kier alpha value is -0.180. The number of ether oxygens (including phenoxy) is 1. The second kappa shape index (κ2) is 11.4. The molecule has 0 spiro atoms. The molecule has 0 radical (unpaired) electrons. The Bertz CT molecular complexity index is 274. The molecule has 124 valence electrons. The molecule has 0 N–H and O–H groups in total. The monoisotopic (exact) mass is 314 g/mol. The van der Waals surface area contributed by atoms with E-state index in [4.69, 9.17) is 4.74 Å². The number of esters is 1. The fraction of sp³-hybridized carbons (Fsp3) is 0.944. The second-order valence-corrected chi connectivity index (χ2v) is 7.77. The number of hydrogen-bond donors (Lipinski definition) is 0. The molecular weight excluding hydrogens is 280 g/mol. The Morgan fingerprint density at radius 1 is 0.905 bits per heavy atom. The minimum Gasteiger partial charge on any atom is -0.468 e. The van der Waals surface area contributed by atoms with Crippen molar-refractivity contribution in [3.63, 3.8) is 0 Å². The van der Waals surface area contributed by atoms with Crippen LogP contribution >= 0.6 is 11.8 Å². The molecule has 0 aromatic rings. The molecule has 1 rings (SSSR count). The fourth-order valence-electron chi connectivity index (χ4n) is 2.89. The van der Waals surface area contributed by atoms with Gasteiger partial charge >= 0.3 is 5.97 Å². The maximum Gasteiger partial charge on any atom is 0.322 e. The Labute approximate surface area is 135 Å². The minimum absolute atomic E-state index is 0.00410. The van der Waals surface area contributed by atoms with Crippen molar-refractivity contribution in [2.45, 2.75) is 95.1 Å². The average molecular weight is 315 g/mol. The number of carbonyl (C=O) groups excluding carboxylic acids is 1. The number of methoxy groups -OCH3 is 1. The highest BCUT2D eigenvalue weighted by molar-refractivity contribution is 8.08. The van der Waals surface area contributed by atoms with Gasteiger partial charge in [0, 0.05) is 5.75 Å². The summed E-state index contributed by atoms with van der Waals surface area (Å²) < 4.78 is 4.73. The van der Waals surface area contributed by atoms with Gasteiger partial charge in [-0.2, -0.15) is 0 Å².